The highest BCUT2D eigenvalue weighted by atomic mass is 35.5. The fourth-order valence-corrected chi connectivity index (χ4v) is 4.31. The van der Waals surface area contributed by atoms with Gasteiger partial charge in [0.25, 0.3) is 0 Å². The summed E-state index contributed by atoms with van der Waals surface area (Å²) in [6.45, 7) is 5.50. The number of nitrogens with zero attached hydrogens (tertiary/aromatic N) is 3. The monoisotopic (exact) mass is 450 g/mol. The Bertz CT molecular complexity index is 789. The van der Waals surface area contributed by atoms with Crippen molar-refractivity contribution >= 4 is 35.2 Å². The second-order valence-corrected chi connectivity index (χ2v) is 8.61. The van der Waals surface area contributed by atoms with Crippen LogP contribution in [0.15, 0.2) is 24.3 Å². The van der Waals surface area contributed by atoms with Gasteiger partial charge in [0.05, 0.1) is 7.11 Å². The van der Waals surface area contributed by atoms with E-state index in [1.807, 2.05) is 24.3 Å². The third kappa shape index (κ3) is 6.26. The minimum absolute atomic E-state index is 0.0811. The molecule has 2 heterocycles. The van der Waals surface area contributed by atoms with E-state index >= 15 is 0 Å². The topological polar surface area (TPSA) is 82.2 Å². The van der Waals surface area contributed by atoms with Gasteiger partial charge < -0.3 is 24.8 Å². The predicted molar refractivity (Wildman–Crippen MR) is 119 cm³/mol. The van der Waals surface area contributed by atoms with Gasteiger partial charge in [0, 0.05) is 56.4 Å². The fraction of sp³-hybridized carbons (Fsp3) is 0.591. The normalized spacial score (nSPS) is 18.5. The molecule has 1 N–H and O–H groups in total. The van der Waals surface area contributed by atoms with Crippen LogP contribution in [0.5, 0.6) is 0 Å². The zero-order chi connectivity index (χ0) is 22.4. The van der Waals surface area contributed by atoms with Crippen molar-refractivity contribution in [2.24, 2.45) is 5.92 Å². The van der Waals surface area contributed by atoms with Gasteiger partial charge in [0.2, 0.25) is 5.91 Å². The van der Waals surface area contributed by atoms with Crippen LogP contribution in [-0.4, -0.2) is 80.1 Å². The lowest BCUT2D eigenvalue weighted by molar-refractivity contribution is -0.142. The van der Waals surface area contributed by atoms with Crippen molar-refractivity contribution in [3.05, 3.63) is 29.3 Å². The summed E-state index contributed by atoms with van der Waals surface area (Å²) in [6, 6.07) is 6.89. The number of carbonyl (C=O) groups is 3. The molecule has 0 aromatic heterocycles. The maximum absolute atomic E-state index is 12.8. The molecular weight excluding hydrogens is 420 g/mol. The van der Waals surface area contributed by atoms with Crippen LogP contribution in [0.4, 0.5) is 10.5 Å². The molecule has 0 aliphatic carbocycles. The molecule has 2 aliphatic rings. The number of benzene rings is 1. The lowest BCUT2D eigenvalue weighted by Gasteiger charge is -2.37. The Morgan fingerprint density at radius 2 is 1.77 bits per heavy atom. The maximum atomic E-state index is 12.8. The molecule has 1 aromatic rings. The van der Waals surface area contributed by atoms with E-state index < -0.39 is 6.04 Å². The minimum atomic E-state index is -0.587. The van der Waals surface area contributed by atoms with Crippen molar-refractivity contribution in [2.75, 3.05) is 51.3 Å². The van der Waals surface area contributed by atoms with E-state index in [0.717, 1.165) is 18.5 Å². The fourth-order valence-electron chi connectivity index (χ4n) is 4.13. The number of likely N-dealkylation sites (tertiary alicyclic amines) is 1. The lowest BCUT2D eigenvalue weighted by atomic mass is 9.93. The zero-order valence-electron chi connectivity index (χ0n) is 18.2. The van der Waals surface area contributed by atoms with Gasteiger partial charge in [-0.25, -0.2) is 4.79 Å². The smallest absolute Gasteiger partial charge is 0.318 e. The number of rotatable bonds is 5. The predicted octanol–water partition coefficient (Wildman–Crippen LogP) is 2.36. The number of urea groups is 1. The first-order valence-electron chi connectivity index (χ1n) is 10.8. The highest BCUT2D eigenvalue weighted by Crippen LogP contribution is 2.22. The Morgan fingerprint density at radius 3 is 2.39 bits per heavy atom. The summed E-state index contributed by atoms with van der Waals surface area (Å²) in [5, 5.41) is 3.54. The molecule has 0 unspecified atom stereocenters. The van der Waals surface area contributed by atoms with Crippen LogP contribution in [0.1, 0.15) is 26.2 Å². The molecule has 2 aliphatic heterocycles. The molecule has 1 atom stereocenters. The number of hydrogen-bond donors (Lipinski definition) is 1. The van der Waals surface area contributed by atoms with Crippen LogP contribution in [0.25, 0.3) is 0 Å². The average molecular weight is 451 g/mol. The summed E-state index contributed by atoms with van der Waals surface area (Å²) in [4.78, 5) is 42.5. The highest BCUT2D eigenvalue weighted by Gasteiger charge is 2.29. The number of nitrogens with one attached hydrogen (secondary N) is 1. The molecular formula is C22H31ClN4O4. The highest BCUT2D eigenvalue weighted by molar-refractivity contribution is 6.30. The van der Waals surface area contributed by atoms with Crippen LogP contribution in [0, 0.1) is 5.92 Å². The van der Waals surface area contributed by atoms with Crippen molar-refractivity contribution < 1.29 is 19.1 Å². The molecule has 8 nitrogen and oxygen atoms in total. The molecule has 1 aromatic carbocycles. The van der Waals surface area contributed by atoms with Gasteiger partial charge in [-0.15, -0.1) is 0 Å². The summed E-state index contributed by atoms with van der Waals surface area (Å²) >= 11 is 6.07. The zero-order valence-corrected chi connectivity index (χ0v) is 18.9. The number of esters is 1. The molecule has 3 amide bonds. The van der Waals surface area contributed by atoms with Crippen LogP contribution in [0.3, 0.4) is 0 Å². The summed E-state index contributed by atoms with van der Waals surface area (Å²) in [7, 11) is 1.39. The number of carbonyl (C=O) groups excluding carboxylic acids is 3. The SMILES string of the molecule is COC(=O)CC1CCN(C(=O)[C@H](C)NC(=O)N2CCN(c3cccc(Cl)c3)CC2)CC1. The number of amides is 3. The Kier molecular flexibility index (Phi) is 8.01. The van der Waals surface area contributed by atoms with E-state index in [0.29, 0.717) is 50.7 Å². The molecule has 31 heavy (non-hydrogen) atoms. The number of ether oxygens (including phenoxy) is 1. The van der Waals surface area contributed by atoms with Crippen LogP contribution in [-0.2, 0) is 14.3 Å². The van der Waals surface area contributed by atoms with Crippen molar-refractivity contribution in [3.63, 3.8) is 0 Å². The van der Waals surface area contributed by atoms with Crippen LogP contribution < -0.4 is 10.2 Å². The van der Waals surface area contributed by atoms with Gasteiger partial charge in [-0.3, -0.25) is 9.59 Å². The summed E-state index contributed by atoms with van der Waals surface area (Å²) in [5.74, 6) is -0.0412. The van der Waals surface area contributed by atoms with Gasteiger partial charge in [-0.1, -0.05) is 17.7 Å². The Morgan fingerprint density at radius 1 is 1.10 bits per heavy atom. The maximum Gasteiger partial charge on any atom is 0.318 e. The molecule has 2 saturated heterocycles. The van der Waals surface area contributed by atoms with Gasteiger partial charge in [0.15, 0.2) is 0 Å². The minimum Gasteiger partial charge on any atom is -0.469 e. The molecule has 3 rings (SSSR count). The van der Waals surface area contributed by atoms with Crippen molar-refractivity contribution in [3.8, 4) is 0 Å². The van der Waals surface area contributed by atoms with Gasteiger partial charge in [0.1, 0.15) is 6.04 Å². The first kappa shape index (κ1) is 23.2. The number of piperazine rings is 1. The van der Waals surface area contributed by atoms with E-state index in [2.05, 4.69) is 10.2 Å². The Labute approximate surface area is 188 Å². The van der Waals surface area contributed by atoms with E-state index in [1.54, 1.807) is 16.7 Å². The quantitative estimate of drug-likeness (QED) is 0.696. The second-order valence-electron chi connectivity index (χ2n) is 8.17. The summed E-state index contributed by atoms with van der Waals surface area (Å²) in [5.41, 5.74) is 1.05. The van der Waals surface area contributed by atoms with Gasteiger partial charge in [-0.05, 0) is 43.9 Å². The van der Waals surface area contributed by atoms with Gasteiger partial charge in [-0.2, -0.15) is 0 Å². The second kappa shape index (κ2) is 10.7. The number of piperidine rings is 1. The molecule has 170 valence electrons. The number of methoxy groups -OCH3 is 1. The third-order valence-corrected chi connectivity index (χ3v) is 6.29. The summed E-state index contributed by atoms with van der Waals surface area (Å²) in [6.07, 6.45) is 1.94. The van der Waals surface area contributed by atoms with Crippen LogP contribution >= 0.6 is 11.6 Å². The lowest BCUT2D eigenvalue weighted by Crippen LogP contribution is -2.56. The van der Waals surface area contributed by atoms with E-state index in [1.165, 1.54) is 7.11 Å². The molecule has 0 radical (unpaired) electrons. The first-order valence-corrected chi connectivity index (χ1v) is 11.2. The molecule has 2 fully saturated rings. The number of halogens is 1. The summed E-state index contributed by atoms with van der Waals surface area (Å²) < 4.78 is 4.72. The molecule has 0 spiro atoms. The van der Waals surface area contributed by atoms with Crippen LogP contribution in [0.2, 0.25) is 5.02 Å². The van der Waals surface area contributed by atoms with Gasteiger partial charge >= 0.3 is 12.0 Å². The number of hydrogen-bond acceptors (Lipinski definition) is 5. The van der Waals surface area contributed by atoms with E-state index in [4.69, 9.17) is 16.3 Å². The Balaban J connectivity index is 1.42. The van der Waals surface area contributed by atoms with Crippen molar-refractivity contribution in [2.45, 2.75) is 32.2 Å². The third-order valence-electron chi connectivity index (χ3n) is 6.06. The molecule has 0 bridgehead atoms. The van der Waals surface area contributed by atoms with E-state index in [-0.39, 0.29) is 23.8 Å². The van der Waals surface area contributed by atoms with Crippen molar-refractivity contribution in [1.29, 1.82) is 0 Å². The molecule has 0 saturated carbocycles. The first-order chi connectivity index (χ1) is 14.9. The number of anilines is 1. The average Bonchev–Trinajstić information content (AvgIpc) is 2.79. The van der Waals surface area contributed by atoms with Crippen molar-refractivity contribution in [1.82, 2.24) is 15.1 Å². The van der Waals surface area contributed by atoms with E-state index in [9.17, 15) is 14.4 Å². The molecule has 9 heteroatoms. The Hall–Kier alpha value is -2.48. The standard InChI is InChI=1S/C22H31ClN4O4/c1-16(21(29)26-8-6-17(7-9-26)14-20(28)31-2)24-22(30)27-12-10-25(11-13-27)19-5-3-4-18(23)15-19/h3-5,15-17H,6-14H2,1-2H3,(H,24,30)/t16-/m0/s1. The largest absolute Gasteiger partial charge is 0.469 e.